The van der Waals surface area contributed by atoms with E-state index in [9.17, 15) is 9.59 Å². The molecule has 3 atom stereocenters. The Bertz CT molecular complexity index is 939. The molecule has 0 radical (unpaired) electrons. The second-order valence-electron chi connectivity index (χ2n) is 6.91. The Kier molecular flexibility index (Phi) is 4.17. The Balaban J connectivity index is 1.99. The zero-order valence-corrected chi connectivity index (χ0v) is 15.5. The van der Waals surface area contributed by atoms with Gasteiger partial charge in [0.2, 0.25) is 5.91 Å². The van der Waals surface area contributed by atoms with Gasteiger partial charge in [-0.1, -0.05) is 47.5 Å². The molecule has 1 fully saturated rings. The van der Waals surface area contributed by atoms with Gasteiger partial charge < -0.3 is 5.32 Å². The molecule has 4 rings (SSSR count). The Morgan fingerprint density at radius 3 is 2.58 bits per heavy atom. The van der Waals surface area contributed by atoms with E-state index in [1.807, 2.05) is 24.3 Å². The lowest BCUT2D eigenvalue weighted by Crippen LogP contribution is -2.50. The molecular weight excluding hydrogens is 369 g/mol. The Morgan fingerprint density at radius 2 is 1.85 bits per heavy atom. The van der Waals surface area contributed by atoms with Gasteiger partial charge in [0.05, 0.1) is 5.41 Å². The molecule has 2 aliphatic rings. The number of amides is 1. The lowest BCUT2D eigenvalue weighted by atomic mass is 9.55. The van der Waals surface area contributed by atoms with Crippen molar-refractivity contribution >= 4 is 40.6 Å². The number of carbonyl (C=O) groups excluding carboxylic acids is 2. The van der Waals surface area contributed by atoms with E-state index >= 15 is 0 Å². The molecule has 1 aliphatic carbocycles. The highest BCUT2D eigenvalue weighted by molar-refractivity contribution is 6.31. The van der Waals surface area contributed by atoms with E-state index in [1.165, 1.54) is 0 Å². The molecule has 2 aromatic carbocycles. The van der Waals surface area contributed by atoms with Gasteiger partial charge in [-0.15, -0.1) is 6.58 Å². The highest BCUT2D eigenvalue weighted by Crippen LogP contribution is 2.57. The van der Waals surface area contributed by atoms with E-state index in [1.54, 1.807) is 24.3 Å². The zero-order valence-electron chi connectivity index (χ0n) is 14.0. The first-order valence-corrected chi connectivity index (χ1v) is 9.23. The van der Waals surface area contributed by atoms with E-state index in [0.29, 0.717) is 28.6 Å². The maximum atomic E-state index is 13.3. The fraction of sp³-hybridized carbons (Fsp3) is 0.238. The molecule has 1 amide bonds. The van der Waals surface area contributed by atoms with Gasteiger partial charge in [0, 0.05) is 40.4 Å². The van der Waals surface area contributed by atoms with Crippen molar-refractivity contribution in [3.63, 3.8) is 0 Å². The molecule has 1 saturated carbocycles. The normalized spacial score (nSPS) is 27.3. The predicted octanol–water partition coefficient (Wildman–Crippen LogP) is 5.13. The van der Waals surface area contributed by atoms with Crippen LogP contribution >= 0.6 is 23.2 Å². The van der Waals surface area contributed by atoms with Crippen LogP contribution in [0, 0.1) is 5.92 Å². The van der Waals surface area contributed by atoms with Crippen molar-refractivity contribution in [3.8, 4) is 0 Å². The molecule has 0 bridgehead atoms. The Labute approximate surface area is 162 Å². The summed E-state index contributed by atoms with van der Waals surface area (Å²) in [5.74, 6) is -0.596. The summed E-state index contributed by atoms with van der Waals surface area (Å²) < 4.78 is 0. The second-order valence-corrected chi connectivity index (χ2v) is 7.78. The summed E-state index contributed by atoms with van der Waals surface area (Å²) in [6.07, 6.45) is 2.33. The summed E-state index contributed by atoms with van der Waals surface area (Å²) in [5.41, 5.74) is 1.57. The number of hydrogen-bond donors (Lipinski definition) is 1. The largest absolute Gasteiger partial charge is 0.325 e. The number of benzene rings is 2. The van der Waals surface area contributed by atoms with Crippen molar-refractivity contribution in [2.75, 3.05) is 5.32 Å². The predicted molar refractivity (Wildman–Crippen MR) is 104 cm³/mol. The fourth-order valence-corrected chi connectivity index (χ4v) is 4.92. The quantitative estimate of drug-likeness (QED) is 0.728. The smallest absolute Gasteiger partial charge is 0.236 e. The molecule has 1 aliphatic heterocycles. The number of hydrogen-bond acceptors (Lipinski definition) is 2. The van der Waals surface area contributed by atoms with Gasteiger partial charge in [0.25, 0.3) is 0 Å². The van der Waals surface area contributed by atoms with E-state index < -0.39 is 5.41 Å². The molecule has 26 heavy (non-hydrogen) atoms. The highest BCUT2D eigenvalue weighted by atomic mass is 35.5. The Morgan fingerprint density at radius 1 is 1.08 bits per heavy atom. The molecule has 0 unspecified atom stereocenters. The molecule has 0 saturated heterocycles. The molecule has 1 spiro atoms. The number of Topliss-reactive ketones (excluding diaryl/α,β-unsaturated/α-hetero) is 1. The van der Waals surface area contributed by atoms with Crippen LogP contribution in [0.4, 0.5) is 5.69 Å². The van der Waals surface area contributed by atoms with Crippen molar-refractivity contribution in [1.82, 2.24) is 0 Å². The first-order valence-electron chi connectivity index (χ1n) is 8.48. The van der Waals surface area contributed by atoms with Gasteiger partial charge in [0.1, 0.15) is 5.78 Å². The van der Waals surface area contributed by atoms with Crippen molar-refractivity contribution in [1.29, 1.82) is 0 Å². The number of fused-ring (bicyclic) bond motifs is 2. The zero-order chi connectivity index (χ0) is 18.5. The maximum absolute atomic E-state index is 13.3. The van der Waals surface area contributed by atoms with Crippen molar-refractivity contribution in [2.45, 2.75) is 24.2 Å². The van der Waals surface area contributed by atoms with Gasteiger partial charge in [-0.2, -0.15) is 0 Å². The van der Waals surface area contributed by atoms with Gasteiger partial charge in [-0.05, 0) is 35.4 Å². The third-order valence-electron chi connectivity index (χ3n) is 5.60. The van der Waals surface area contributed by atoms with Gasteiger partial charge in [0.15, 0.2) is 0 Å². The minimum absolute atomic E-state index is 0.114. The van der Waals surface area contributed by atoms with Gasteiger partial charge in [-0.3, -0.25) is 9.59 Å². The van der Waals surface area contributed by atoms with Crippen LogP contribution in [-0.4, -0.2) is 11.7 Å². The monoisotopic (exact) mass is 385 g/mol. The van der Waals surface area contributed by atoms with Gasteiger partial charge >= 0.3 is 0 Å². The summed E-state index contributed by atoms with van der Waals surface area (Å²) in [6, 6.07) is 12.8. The summed E-state index contributed by atoms with van der Waals surface area (Å²) in [6.45, 7) is 3.92. The van der Waals surface area contributed by atoms with E-state index in [2.05, 4.69) is 11.9 Å². The first-order chi connectivity index (χ1) is 12.5. The van der Waals surface area contributed by atoms with E-state index in [4.69, 9.17) is 23.2 Å². The topological polar surface area (TPSA) is 46.2 Å². The average Bonchev–Trinajstić information content (AvgIpc) is 2.88. The average molecular weight is 386 g/mol. The van der Waals surface area contributed by atoms with Crippen LogP contribution in [0.2, 0.25) is 10.0 Å². The molecule has 1 N–H and O–H groups in total. The summed E-state index contributed by atoms with van der Waals surface area (Å²) >= 11 is 12.3. The lowest BCUT2D eigenvalue weighted by molar-refractivity contribution is -0.129. The fourth-order valence-electron chi connectivity index (χ4n) is 4.55. The van der Waals surface area contributed by atoms with Crippen LogP contribution < -0.4 is 5.32 Å². The molecule has 0 aromatic heterocycles. The number of allylic oxidation sites excluding steroid dienone is 1. The third kappa shape index (κ3) is 2.42. The molecular formula is C21H17Cl2NO2. The number of halogens is 2. The number of nitrogens with one attached hydrogen (secondary N) is 1. The number of carbonyl (C=O) groups is 2. The molecule has 5 heteroatoms. The number of rotatable bonds is 2. The van der Waals surface area contributed by atoms with Crippen molar-refractivity contribution in [3.05, 3.63) is 76.3 Å². The number of anilines is 1. The second kappa shape index (κ2) is 6.26. The molecule has 2 aromatic rings. The third-order valence-corrected chi connectivity index (χ3v) is 6.07. The SMILES string of the molecule is C=C[C@@H]1CC(=O)C[C@@H](c2cccc(Cl)c2)[C@]12C(=O)Nc1cc(Cl)ccc12. The summed E-state index contributed by atoms with van der Waals surface area (Å²) in [5, 5.41) is 4.12. The first kappa shape index (κ1) is 17.3. The minimum Gasteiger partial charge on any atom is -0.325 e. The minimum atomic E-state index is -0.889. The van der Waals surface area contributed by atoms with Crippen LogP contribution in [-0.2, 0) is 15.0 Å². The summed E-state index contributed by atoms with van der Waals surface area (Å²) in [7, 11) is 0. The highest BCUT2D eigenvalue weighted by Gasteiger charge is 2.59. The number of ketones is 1. The van der Waals surface area contributed by atoms with E-state index in [0.717, 1.165) is 11.1 Å². The Hall–Kier alpha value is -2.10. The van der Waals surface area contributed by atoms with Crippen LogP contribution in [0.25, 0.3) is 0 Å². The lowest BCUT2D eigenvalue weighted by Gasteiger charge is -2.44. The van der Waals surface area contributed by atoms with Crippen LogP contribution in [0.3, 0.4) is 0 Å². The van der Waals surface area contributed by atoms with Crippen molar-refractivity contribution in [2.24, 2.45) is 5.92 Å². The van der Waals surface area contributed by atoms with Gasteiger partial charge in [-0.25, -0.2) is 0 Å². The van der Waals surface area contributed by atoms with E-state index in [-0.39, 0.29) is 23.5 Å². The molecule has 132 valence electrons. The summed E-state index contributed by atoms with van der Waals surface area (Å²) in [4.78, 5) is 25.8. The van der Waals surface area contributed by atoms with Crippen molar-refractivity contribution < 1.29 is 9.59 Å². The molecule has 3 nitrogen and oxygen atoms in total. The maximum Gasteiger partial charge on any atom is 0.236 e. The van der Waals surface area contributed by atoms with Crippen LogP contribution in [0.1, 0.15) is 29.9 Å². The molecule has 1 heterocycles. The van der Waals surface area contributed by atoms with Crippen LogP contribution in [0.15, 0.2) is 55.1 Å². The standard InChI is InChI=1S/C21H17Cl2NO2/c1-2-13-9-16(25)11-18(12-4-3-5-14(22)8-12)21(13)17-7-6-15(23)10-19(17)24-20(21)26/h2-8,10,13,18H,1,9,11H2,(H,24,26)/t13-,18+,21+/m1/s1. The van der Waals surface area contributed by atoms with Crippen LogP contribution in [0.5, 0.6) is 0 Å².